The quantitative estimate of drug-likeness (QED) is 0.479. The van der Waals surface area contributed by atoms with Gasteiger partial charge >= 0.3 is 0 Å². The van der Waals surface area contributed by atoms with Gasteiger partial charge in [-0.15, -0.1) is 5.10 Å². The standard InChI is InChI=1S/C15H16N4O2/c1-11-5-4-6-12(9-11)21-10-14(20)18-19-15(16)13-7-2-3-8-17-13/h2-9H,10H2,1H3,(H2,16,19)(H,18,20)/p+1. The van der Waals surface area contributed by atoms with Crippen LogP contribution in [0, 0.1) is 6.92 Å². The van der Waals surface area contributed by atoms with Gasteiger partial charge in [0.1, 0.15) is 5.75 Å². The number of nitrogens with zero attached hydrogens (tertiary/aromatic N) is 1. The maximum atomic E-state index is 11.6. The molecule has 0 aliphatic carbocycles. The van der Waals surface area contributed by atoms with Gasteiger partial charge in [-0.2, -0.15) is 0 Å². The molecule has 1 amide bonds. The van der Waals surface area contributed by atoms with E-state index < -0.39 is 0 Å². The van der Waals surface area contributed by atoms with E-state index in [0.29, 0.717) is 11.4 Å². The summed E-state index contributed by atoms with van der Waals surface area (Å²) in [7, 11) is 0. The van der Waals surface area contributed by atoms with Crippen molar-refractivity contribution in [1.29, 1.82) is 0 Å². The number of aromatic nitrogens is 1. The maximum Gasteiger partial charge on any atom is 0.278 e. The van der Waals surface area contributed by atoms with Crippen molar-refractivity contribution in [1.82, 2.24) is 5.43 Å². The van der Waals surface area contributed by atoms with E-state index in [1.54, 1.807) is 18.3 Å². The molecular formula is C15H17N4O2+. The molecule has 2 aromatic rings. The van der Waals surface area contributed by atoms with Crippen molar-refractivity contribution in [3.8, 4) is 5.75 Å². The average Bonchev–Trinajstić information content (AvgIpc) is 2.51. The van der Waals surface area contributed by atoms with Crippen molar-refractivity contribution in [3.63, 3.8) is 0 Å². The van der Waals surface area contributed by atoms with Crippen LogP contribution in [0.3, 0.4) is 0 Å². The predicted molar refractivity (Wildman–Crippen MR) is 78.5 cm³/mol. The second kappa shape index (κ2) is 7.04. The zero-order valence-corrected chi connectivity index (χ0v) is 11.7. The SMILES string of the molecule is Cc1cccc(OCC(=O)NN=C(N)c2cccc[nH+]2)c1. The lowest BCUT2D eigenvalue weighted by atomic mass is 10.2. The number of rotatable bonds is 5. The Kier molecular flexibility index (Phi) is 4.87. The predicted octanol–water partition coefficient (Wildman–Crippen LogP) is 0.625. The second-order valence-electron chi connectivity index (χ2n) is 4.41. The number of aryl methyl sites for hydroxylation is 1. The van der Waals surface area contributed by atoms with Crippen LogP contribution in [0.2, 0.25) is 0 Å². The fourth-order valence-electron chi connectivity index (χ4n) is 1.62. The Hall–Kier alpha value is -2.89. The normalized spacial score (nSPS) is 11.0. The van der Waals surface area contributed by atoms with Gasteiger partial charge in [-0.3, -0.25) is 4.79 Å². The Bertz CT molecular complexity index is 641. The van der Waals surface area contributed by atoms with Crippen LogP contribution in [0.1, 0.15) is 11.3 Å². The molecule has 108 valence electrons. The highest BCUT2D eigenvalue weighted by atomic mass is 16.5. The van der Waals surface area contributed by atoms with Crippen molar-refractivity contribution in [3.05, 3.63) is 59.9 Å². The van der Waals surface area contributed by atoms with Crippen LogP contribution < -0.4 is 20.9 Å². The highest BCUT2D eigenvalue weighted by Crippen LogP contribution is 2.11. The number of carbonyl (C=O) groups excluding carboxylic acids is 1. The summed E-state index contributed by atoms with van der Waals surface area (Å²) in [5, 5.41) is 3.81. The fraction of sp³-hybridized carbons (Fsp3) is 0.133. The molecule has 2 rings (SSSR count). The largest absolute Gasteiger partial charge is 0.484 e. The van der Waals surface area contributed by atoms with Crippen molar-refractivity contribution >= 4 is 11.7 Å². The summed E-state index contributed by atoms with van der Waals surface area (Å²) in [6.45, 7) is 1.83. The Morgan fingerprint density at radius 3 is 2.90 bits per heavy atom. The van der Waals surface area contributed by atoms with Gasteiger partial charge < -0.3 is 10.5 Å². The lowest BCUT2D eigenvalue weighted by Crippen LogP contribution is -2.30. The van der Waals surface area contributed by atoms with Crippen LogP contribution in [0.4, 0.5) is 0 Å². The van der Waals surface area contributed by atoms with E-state index in [1.807, 2.05) is 37.3 Å². The lowest BCUT2D eigenvalue weighted by Gasteiger charge is -2.05. The van der Waals surface area contributed by atoms with E-state index in [4.69, 9.17) is 10.5 Å². The van der Waals surface area contributed by atoms with Gasteiger partial charge in [0.25, 0.3) is 5.91 Å². The number of nitrogens with two attached hydrogens (primary N) is 1. The number of ether oxygens (including phenoxy) is 1. The third kappa shape index (κ3) is 4.61. The first-order valence-electron chi connectivity index (χ1n) is 6.44. The molecule has 0 spiro atoms. The summed E-state index contributed by atoms with van der Waals surface area (Å²) < 4.78 is 5.36. The molecule has 1 aromatic carbocycles. The Balaban J connectivity index is 1.85. The Morgan fingerprint density at radius 1 is 1.33 bits per heavy atom. The summed E-state index contributed by atoms with van der Waals surface area (Å²) >= 11 is 0. The molecule has 0 saturated carbocycles. The van der Waals surface area contributed by atoms with Crippen LogP contribution in [0.5, 0.6) is 5.75 Å². The molecule has 0 atom stereocenters. The van der Waals surface area contributed by atoms with Gasteiger partial charge in [0.15, 0.2) is 12.8 Å². The lowest BCUT2D eigenvalue weighted by molar-refractivity contribution is -0.380. The molecular weight excluding hydrogens is 268 g/mol. The van der Waals surface area contributed by atoms with Gasteiger partial charge in [-0.25, -0.2) is 10.4 Å². The monoisotopic (exact) mass is 285 g/mol. The van der Waals surface area contributed by atoms with E-state index in [2.05, 4.69) is 15.5 Å². The minimum atomic E-state index is -0.379. The van der Waals surface area contributed by atoms with Crippen molar-refractivity contribution < 1.29 is 14.5 Å². The molecule has 0 bridgehead atoms. The third-order valence-corrected chi connectivity index (χ3v) is 2.65. The summed E-state index contributed by atoms with van der Waals surface area (Å²) in [5.74, 6) is 0.452. The van der Waals surface area contributed by atoms with Crippen LogP contribution in [-0.2, 0) is 4.79 Å². The number of nitrogens with one attached hydrogen (secondary N) is 2. The molecule has 6 nitrogen and oxygen atoms in total. The molecule has 0 unspecified atom stereocenters. The van der Waals surface area contributed by atoms with Gasteiger partial charge in [0.2, 0.25) is 11.5 Å². The van der Waals surface area contributed by atoms with E-state index in [-0.39, 0.29) is 18.3 Å². The van der Waals surface area contributed by atoms with Crippen molar-refractivity contribution in [2.75, 3.05) is 6.61 Å². The molecule has 6 heteroatoms. The Labute approximate surface area is 122 Å². The molecule has 4 N–H and O–H groups in total. The zero-order chi connectivity index (χ0) is 15.1. The van der Waals surface area contributed by atoms with Crippen LogP contribution in [0.15, 0.2) is 53.8 Å². The fourth-order valence-corrected chi connectivity index (χ4v) is 1.62. The number of aromatic amines is 1. The van der Waals surface area contributed by atoms with E-state index >= 15 is 0 Å². The van der Waals surface area contributed by atoms with Gasteiger partial charge in [-0.05, 0) is 30.7 Å². The van der Waals surface area contributed by atoms with E-state index in [0.717, 1.165) is 5.56 Å². The number of H-pyrrole nitrogens is 1. The molecule has 0 aliphatic heterocycles. The van der Waals surface area contributed by atoms with Crippen molar-refractivity contribution in [2.45, 2.75) is 6.92 Å². The second-order valence-corrected chi connectivity index (χ2v) is 4.41. The smallest absolute Gasteiger partial charge is 0.278 e. The highest BCUT2D eigenvalue weighted by Gasteiger charge is 2.06. The maximum absolute atomic E-state index is 11.6. The number of pyridine rings is 1. The van der Waals surface area contributed by atoms with E-state index in [1.165, 1.54) is 0 Å². The van der Waals surface area contributed by atoms with Gasteiger partial charge in [-0.1, -0.05) is 12.1 Å². The number of carbonyl (C=O) groups is 1. The van der Waals surface area contributed by atoms with Gasteiger partial charge in [0, 0.05) is 12.1 Å². The number of benzene rings is 1. The summed E-state index contributed by atoms with van der Waals surface area (Å²) in [6, 6.07) is 12.9. The van der Waals surface area contributed by atoms with E-state index in [9.17, 15) is 4.79 Å². The molecule has 0 saturated heterocycles. The number of hydrogen-bond donors (Lipinski definition) is 2. The highest BCUT2D eigenvalue weighted by molar-refractivity contribution is 5.95. The molecule has 1 heterocycles. The minimum Gasteiger partial charge on any atom is -0.484 e. The summed E-state index contributed by atoms with van der Waals surface area (Å²) in [6.07, 6.45) is 1.72. The first-order valence-corrected chi connectivity index (χ1v) is 6.44. The number of amides is 1. The average molecular weight is 285 g/mol. The molecule has 0 aliphatic rings. The van der Waals surface area contributed by atoms with Crippen LogP contribution in [0.25, 0.3) is 0 Å². The summed E-state index contributed by atoms with van der Waals surface area (Å²) in [4.78, 5) is 14.5. The third-order valence-electron chi connectivity index (χ3n) is 2.65. The van der Waals surface area contributed by atoms with Crippen LogP contribution in [-0.4, -0.2) is 18.3 Å². The number of amidine groups is 1. The number of hydrazone groups is 1. The summed E-state index contributed by atoms with van der Waals surface area (Å²) in [5.41, 5.74) is 9.77. The zero-order valence-electron chi connectivity index (χ0n) is 11.7. The first kappa shape index (κ1) is 14.5. The van der Waals surface area contributed by atoms with Crippen LogP contribution >= 0.6 is 0 Å². The number of hydrogen-bond acceptors (Lipinski definition) is 3. The first-order chi connectivity index (χ1) is 10.1. The van der Waals surface area contributed by atoms with Gasteiger partial charge in [0.05, 0.1) is 0 Å². The molecule has 0 radical (unpaired) electrons. The topological polar surface area (TPSA) is 90.8 Å². The van der Waals surface area contributed by atoms with Crippen molar-refractivity contribution in [2.24, 2.45) is 10.8 Å². The minimum absolute atomic E-state index is 0.126. The Morgan fingerprint density at radius 2 is 2.19 bits per heavy atom. The molecule has 1 aromatic heterocycles. The molecule has 0 fully saturated rings. The molecule has 21 heavy (non-hydrogen) atoms.